The molecule has 1 aromatic carbocycles. The van der Waals surface area contributed by atoms with Crippen molar-refractivity contribution in [3.63, 3.8) is 0 Å². The van der Waals surface area contributed by atoms with Gasteiger partial charge < -0.3 is 19.2 Å². The number of methoxy groups -OCH3 is 1. The van der Waals surface area contributed by atoms with Crippen molar-refractivity contribution in [2.75, 3.05) is 20.3 Å². The molecule has 0 fully saturated rings. The normalized spacial score (nSPS) is 9.88. The molecule has 126 valence electrons. The van der Waals surface area contributed by atoms with Crippen LogP contribution in [-0.2, 0) is 4.79 Å². The first-order chi connectivity index (χ1) is 11.6. The number of nitrogens with one attached hydrogen (secondary N) is 2. The Labute approximate surface area is 143 Å². The molecule has 2 N–H and O–H groups in total. The van der Waals surface area contributed by atoms with Crippen LogP contribution in [-0.4, -0.2) is 37.1 Å². The van der Waals surface area contributed by atoms with Crippen LogP contribution < -0.4 is 20.1 Å². The number of furan rings is 1. The van der Waals surface area contributed by atoms with E-state index in [1.807, 2.05) is 0 Å². The van der Waals surface area contributed by atoms with Gasteiger partial charge in [-0.2, -0.15) is 0 Å². The summed E-state index contributed by atoms with van der Waals surface area (Å²) in [5, 5.41) is 5.07. The van der Waals surface area contributed by atoms with Crippen LogP contribution in [0, 0.1) is 0 Å². The van der Waals surface area contributed by atoms with Crippen LogP contribution in [0.2, 0.25) is 0 Å². The van der Waals surface area contributed by atoms with Crippen LogP contribution in [0.5, 0.6) is 11.5 Å². The van der Waals surface area contributed by atoms with E-state index < -0.39 is 5.91 Å². The van der Waals surface area contributed by atoms with Gasteiger partial charge in [-0.05, 0) is 36.5 Å². The first-order valence-electron chi connectivity index (χ1n) is 7.00. The third-order valence-electron chi connectivity index (χ3n) is 2.88. The lowest BCUT2D eigenvalue weighted by atomic mass is 10.3. The zero-order valence-electron chi connectivity index (χ0n) is 12.9. The molecule has 0 saturated heterocycles. The fourth-order valence-corrected chi connectivity index (χ4v) is 1.91. The van der Waals surface area contributed by atoms with E-state index in [-0.39, 0.29) is 29.8 Å². The molecule has 0 unspecified atom stereocenters. The van der Waals surface area contributed by atoms with Crippen molar-refractivity contribution in [1.82, 2.24) is 10.6 Å². The van der Waals surface area contributed by atoms with Gasteiger partial charge in [-0.1, -0.05) is 12.1 Å². The summed E-state index contributed by atoms with van der Waals surface area (Å²) in [6, 6.07) is 10.1. The van der Waals surface area contributed by atoms with Crippen molar-refractivity contribution in [2.45, 2.75) is 0 Å². The van der Waals surface area contributed by atoms with Crippen molar-refractivity contribution in [3.8, 4) is 11.5 Å². The molecule has 0 aliphatic heterocycles. The summed E-state index contributed by atoms with van der Waals surface area (Å²) in [6.45, 7) is -0.228. The summed E-state index contributed by atoms with van der Waals surface area (Å²) in [5.74, 6) is 0.414. The van der Waals surface area contributed by atoms with Gasteiger partial charge in [-0.3, -0.25) is 14.9 Å². The molecule has 0 spiro atoms. The van der Waals surface area contributed by atoms with Crippen LogP contribution in [0.4, 0.5) is 0 Å². The fourth-order valence-electron chi connectivity index (χ4n) is 1.74. The maximum absolute atomic E-state index is 11.8. The molecule has 0 aliphatic carbocycles. The summed E-state index contributed by atoms with van der Waals surface area (Å²) >= 11 is 4.94. The monoisotopic (exact) mass is 348 g/mol. The number of benzene rings is 1. The summed E-state index contributed by atoms with van der Waals surface area (Å²) in [5.41, 5.74) is 0. The third kappa shape index (κ3) is 5.10. The number of ether oxygens (including phenoxy) is 2. The van der Waals surface area contributed by atoms with E-state index in [4.69, 9.17) is 26.1 Å². The third-order valence-corrected chi connectivity index (χ3v) is 3.12. The first kappa shape index (κ1) is 17.5. The summed E-state index contributed by atoms with van der Waals surface area (Å²) in [7, 11) is 1.52. The molecule has 0 atom stereocenters. The largest absolute Gasteiger partial charge is 0.493 e. The molecular weight excluding hydrogens is 332 g/mol. The van der Waals surface area contributed by atoms with Gasteiger partial charge >= 0.3 is 0 Å². The maximum atomic E-state index is 11.8. The van der Waals surface area contributed by atoms with E-state index in [1.54, 1.807) is 30.3 Å². The average Bonchev–Trinajstić information content (AvgIpc) is 3.13. The number of carbonyl (C=O) groups excluding carboxylic acids is 2. The van der Waals surface area contributed by atoms with Crippen molar-refractivity contribution in [2.24, 2.45) is 0 Å². The molecule has 1 heterocycles. The van der Waals surface area contributed by atoms with Crippen LogP contribution in [0.25, 0.3) is 0 Å². The van der Waals surface area contributed by atoms with Gasteiger partial charge in [-0.15, -0.1) is 0 Å². The molecule has 8 heteroatoms. The molecule has 0 bridgehead atoms. The second-order valence-electron chi connectivity index (χ2n) is 4.59. The van der Waals surface area contributed by atoms with E-state index >= 15 is 0 Å². The Morgan fingerprint density at radius 3 is 2.58 bits per heavy atom. The van der Waals surface area contributed by atoms with E-state index in [0.717, 1.165) is 0 Å². The molecule has 0 saturated carbocycles. The van der Waals surface area contributed by atoms with Crippen molar-refractivity contribution < 1.29 is 23.5 Å². The Bertz CT molecular complexity index is 715. The van der Waals surface area contributed by atoms with Gasteiger partial charge in [0, 0.05) is 0 Å². The number of ketones is 1. The second kappa shape index (κ2) is 8.68. The number of amides is 1. The van der Waals surface area contributed by atoms with Crippen LogP contribution in [0.1, 0.15) is 10.6 Å². The molecule has 1 amide bonds. The number of rotatable bonds is 7. The van der Waals surface area contributed by atoms with Gasteiger partial charge in [0.05, 0.1) is 19.9 Å². The number of para-hydroxylation sites is 2. The topological polar surface area (TPSA) is 89.8 Å². The van der Waals surface area contributed by atoms with Crippen molar-refractivity contribution in [1.29, 1.82) is 0 Å². The fraction of sp³-hybridized carbons (Fsp3) is 0.188. The highest BCUT2D eigenvalue weighted by Crippen LogP contribution is 2.25. The minimum Gasteiger partial charge on any atom is -0.493 e. The Hall–Kier alpha value is -2.87. The molecule has 24 heavy (non-hydrogen) atoms. The van der Waals surface area contributed by atoms with Gasteiger partial charge in [-0.25, -0.2) is 0 Å². The highest BCUT2D eigenvalue weighted by molar-refractivity contribution is 7.80. The number of thiocarbonyl (C=S) groups is 1. The first-order valence-corrected chi connectivity index (χ1v) is 7.41. The highest BCUT2D eigenvalue weighted by Gasteiger charge is 2.11. The predicted molar refractivity (Wildman–Crippen MR) is 90.3 cm³/mol. The SMILES string of the molecule is COc1ccccc1OCC(=O)CNC(=S)NC(=O)c1ccco1. The smallest absolute Gasteiger partial charge is 0.293 e. The standard InChI is InChI=1S/C16H16N2O5S/c1-21-12-5-2-3-6-13(12)23-10-11(19)9-17-16(24)18-15(20)14-7-4-8-22-14/h2-8H,9-10H2,1H3,(H2,17,18,20,24). The van der Waals surface area contributed by atoms with E-state index in [1.165, 1.54) is 19.4 Å². The van der Waals surface area contributed by atoms with E-state index in [9.17, 15) is 9.59 Å². The molecule has 0 aliphatic rings. The van der Waals surface area contributed by atoms with Crippen molar-refractivity contribution >= 4 is 29.0 Å². The number of hydrogen-bond acceptors (Lipinski definition) is 6. The highest BCUT2D eigenvalue weighted by atomic mass is 32.1. The number of carbonyl (C=O) groups is 2. The lowest BCUT2D eigenvalue weighted by Crippen LogP contribution is -2.42. The molecular formula is C16H16N2O5S. The summed E-state index contributed by atoms with van der Waals surface area (Å²) in [6.07, 6.45) is 1.38. The molecule has 7 nitrogen and oxygen atoms in total. The van der Waals surface area contributed by atoms with Crippen molar-refractivity contribution in [3.05, 3.63) is 48.4 Å². The molecule has 2 rings (SSSR count). The molecule has 2 aromatic rings. The van der Waals surface area contributed by atoms with Crippen LogP contribution >= 0.6 is 12.2 Å². The molecule has 0 radical (unpaired) electrons. The Morgan fingerprint density at radius 2 is 1.92 bits per heavy atom. The Balaban J connectivity index is 1.73. The van der Waals surface area contributed by atoms with Gasteiger partial charge in [0.2, 0.25) is 0 Å². The zero-order chi connectivity index (χ0) is 17.4. The number of Topliss-reactive ketones (excluding diaryl/α,β-unsaturated/α-hetero) is 1. The summed E-state index contributed by atoms with van der Waals surface area (Å²) < 4.78 is 15.5. The lowest BCUT2D eigenvalue weighted by Gasteiger charge is -2.11. The van der Waals surface area contributed by atoms with Gasteiger partial charge in [0.25, 0.3) is 5.91 Å². The van der Waals surface area contributed by atoms with E-state index in [2.05, 4.69) is 10.6 Å². The predicted octanol–water partition coefficient (Wildman–Crippen LogP) is 1.54. The second-order valence-corrected chi connectivity index (χ2v) is 5.00. The van der Waals surface area contributed by atoms with Crippen LogP contribution in [0.3, 0.4) is 0 Å². The lowest BCUT2D eigenvalue weighted by molar-refractivity contribution is -0.119. The minimum absolute atomic E-state index is 0.0297. The van der Waals surface area contributed by atoms with E-state index in [0.29, 0.717) is 11.5 Å². The van der Waals surface area contributed by atoms with Crippen LogP contribution in [0.15, 0.2) is 47.1 Å². The maximum Gasteiger partial charge on any atom is 0.293 e. The zero-order valence-corrected chi connectivity index (χ0v) is 13.7. The quantitative estimate of drug-likeness (QED) is 0.734. The average molecular weight is 348 g/mol. The summed E-state index contributed by atoms with van der Waals surface area (Å²) in [4.78, 5) is 23.5. The van der Waals surface area contributed by atoms with Gasteiger partial charge in [0.15, 0.2) is 28.2 Å². The Morgan fingerprint density at radius 1 is 1.17 bits per heavy atom. The number of hydrogen-bond donors (Lipinski definition) is 2. The van der Waals surface area contributed by atoms with Gasteiger partial charge in [0.1, 0.15) is 6.61 Å². The Kier molecular flexibility index (Phi) is 6.32. The minimum atomic E-state index is -0.491. The molecule has 1 aromatic heterocycles.